The molecule has 1 aliphatic carbocycles. The van der Waals surface area contributed by atoms with Crippen LogP contribution in [0.2, 0.25) is 0 Å². The van der Waals surface area contributed by atoms with Crippen molar-refractivity contribution in [1.29, 1.82) is 0 Å². The summed E-state index contributed by atoms with van der Waals surface area (Å²) in [5.74, 6) is 0.643. The van der Waals surface area contributed by atoms with Crippen molar-refractivity contribution in [3.63, 3.8) is 0 Å². The third-order valence-electron chi connectivity index (χ3n) is 5.23. The molecule has 1 fully saturated rings. The van der Waals surface area contributed by atoms with Gasteiger partial charge in [0.2, 0.25) is 0 Å². The summed E-state index contributed by atoms with van der Waals surface area (Å²) in [5, 5.41) is 10.5. The van der Waals surface area contributed by atoms with E-state index in [1.165, 1.54) is 12.0 Å². The Hall–Kier alpha value is -2.07. The van der Waals surface area contributed by atoms with Gasteiger partial charge in [0.1, 0.15) is 11.5 Å². The summed E-state index contributed by atoms with van der Waals surface area (Å²) in [7, 11) is 0. The lowest BCUT2D eigenvalue weighted by atomic mass is 9.85. The number of phenols is 1. The van der Waals surface area contributed by atoms with Gasteiger partial charge in [0.25, 0.3) is 0 Å². The van der Waals surface area contributed by atoms with E-state index >= 15 is 0 Å². The van der Waals surface area contributed by atoms with Crippen LogP contribution in [0.15, 0.2) is 36.4 Å². The highest BCUT2D eigenvalue weighted by Crippen LogP contribution is 2.41. The number of aryl methyl sites for hydroxylation is 1. The molecule has 0 bridgehead atoms. The number of aromatic hydroxyl groups is 1. The maximum absolute atomic E-state index is 12.4. The van der Waals surface area contributed by atoms with Crippen LogP contribution in [0.1, 0.15) is 69.4 Å². The average molecular weight is 386 g/mol. The van der Waals surface area contributed by atoms with Gasteiger partial charge in [-0.15, -0.1) is 6.58 Å². The van der Waals surface area contributed by atoms with Crippen LogP contribution in [0.5, 0.6) is 11.5 Å². The molecule has 1 aliphatic heterocycles. The van der Waals surface area contributed by atoms with Gasteiger partial charge in [0.05, 0.1) is 6.54 Å². The Morgan fingerprint density at radius 3 is 2.57 bits per heavy atom. The largest absolute Gasteiger partial charge is 0.507 e. The number of likely N-dealkylation sites (tertiary alicyclic amines) is 1. The van der Waals surface area contributed by atoms with Gasteiger partial charge < -0.3 is 9.84 Å². The molecule has 28 heavy (non-hydrogen) atoms. The van der Waals surface area contributed by atoms with Gasteiger partial charge in [-0.05, 0) is 83.7 Å². The number of nitrogens with zero attached hydrogens (tertiary/aromatic N) is 1. The minimum Gasteiger partial charge on any atom is -0.507 e. The summed E-state index contributed by atoms with van der Waals surface area (Å²) in [5.41, 5.74) is 3.00. The molecule has 0 saturated carbocycles. The minimum atomic E-state index is -0.232. The van der Waals surface area contributed by atoms with Gasteiger partial charge in [0.15, 0.2) is 0 Å². The molecule has 1 saturated heterocycles. The molecular weight excluding hydrogens is 350 g/mol. The highest BCUT2D eigenvalue weighted by molar-refractivity contribution is 5.75. The number of hydrogen-bond donors (Lipinski definition) is 1. The monoisotopic (exact) mass is 385 g/mol. The lowest BCUT2D eigenvalue weighted by Crippen LogP contribution is -2.36. The third-order valence-corrected chi connectivity index (χ3v) is 5.23. The number of esters is 1. The van der Waals surface area contributed by atoms with Crippen molar-refractivity contribution in [1.82, 2.24) is 4.90 Å². The normalized spacial score (nSPS) is 19.8. The number of benzene rings is 1. The van der Waals surface area contributed by atoms with Gasteiger partial charge in [-0.1, -0.05) is 24.1 Å². The zero-order valence-electron chi connectivity index (χ0n) is 17.7. The number of phenolic OH excluding ortho intramolecular Hbond substituents is 1. The Kier molecular flexibility index (Phi) is 8.78. The van der Waals surface area contributed by atoms with Crippen LogP contribution in [0, 0.1) is 6.92 Å². The van der Waals surface area contributed by atoms with E-state index in [1.807, 2.05) is 19.9 Å². The van der Waals surface area contributed by atoms with Crippen LogP contribution >= 0.6 is 0 Å². The van der Waals surface area contributed by atoms with Crippen molar-refractivity contribution in [3.05, 3.63) is 47.6 Å². The molecule has 0 spiro atoms. The number of carbonyl (C=O) groups is 1. The quantitative estimate of drug-likeness (QED) is 0.422. The summed E-state index contributed by atoms with van der Waals surface area (Å²) >= 11 is 0. The summed E-state index contributed by atoms with van der Waals surface area (Å²) in [6, 6.07) is 3.63. The van der Waals surface area contributed by atoms with E-state index < -0.39 is 0 Å². The number of carbonyl (C=O) groups excluding carboxylic acids is 1. The maximum atomic E-state index is 12.4. The Balaban J connectivity index is 0.000000878. The number of hydrogen-bond acceptors (Lipinski definition) is 4. The predicted molar refractivity (Wildman–Crippen MR) is 115 cm³/mol. The lowest BCUT2D eigenvalue weighted by Gasteiger charge is -2.26. The van der Waals surface area contributed by atoms with Crippen molar-refractivity contribution in [2.24, 2.45) is 0 Å². The Labute approximate surface area is 169 Å². The molecule has 1 N–H and O–H groups in total. The summed E-state index contributed by atoms with van der Waals surface area (Å²) < 4.78 is 5.73. The topological polar surface area (TPSA) is 49.8 Å². The second-order valence-corrected chi connectivity index (χ2v) is 7.93. The first-order valence-corrected chi connectivity index (χ1v) is 10.5. The van der Waals surface area contributed by atoms with Gasteiger partial charge >= 0.3 is 5.97 Å². The fourth-order valence-corrected chi connectivity index (χ4v) is 4.00. The van der Waals surface area contributed by atoms with E-state index in [2.05, 4.69) is 24.5 Å². The second kappa shape index (κ2) is 11.1. The molecule has 0 amide bonds. The highest BCUT2D eigenvalue weighted by Gasteiger charge is 2.24. The van der Waals surface area contributed by atoms with Crippen LogP contribution in [-0.4, -0.2) is 35.6 Å². The first kappa shape index (κ1) is 22.2. The fraction of sp³-hybridized carbons (Fsp3) is 0.542. The first-order valence-electron chi connectivity index (χ1n) is 10.5. The van der Waals surface area contributed by atoms with E-state index in [0.29, 0.717) is 12.3 Å². The number of allylic oxidation sites excluding steroid dienone is 3. The van der Waals surface area contributed by atoms with Crippen LogP contribution in [-0.2, 0) is 4.79 Å². The molecule has 1 aromatic rings. The highest BCUT2D eigenvalue weighted by atomic mass is 16.5. The van der Waals surface area contributed by atoms with Gasteiger partial charge in [-0.2, -0.15) is 0 Å². The molecule has 154 valence electrons. The van der Waals surface area contributed by atoms with E-state index in [1.54, 1.807) is 12.1 Å². The van der Waals surface area contributed by atoms with Gasteiger partial charge in [-0.3, -0.25) is 9.69 Å². The zero-order chi connectivity index (χ0) is 20.5. The molecular formula is C24H35NO3. The molecule has 0 aromatic heterocycles. The van der Waals surface area contributed by atoms with Gasteiger partial charge in [-0.25, -0.2) is 0 Å². The molecule has 3 rings (SSSR count). The van der Waals surface area contributed by atoms with Gasteiger partial charge in [0, 0.05) is 11.5 Å². The smallest absolute Gasteiger partial charge is 0.325 e. The van der Waals surface area contributed by atoms with E-state index in [-0.39, 0.29) is 17.6 Å². The predicted octanol–water partition coefficient (Wildman–Crippen LogP) is 5.50. The molecule has 1 aromatic carbocycles. The standard InChI is InChI=1S/C21H29NO3.C3H6/c1-15-7-6-8-17(11-15)21-18(23)12-16(2)13-19(21)25-20(24)14-22-9-4-3-5-10-22;1-3-2/h11-13,17,23H,3-10,14H2,1-2H3;3H,1H2,2H3. The van der Waals surface area contributed by atoms with Crippen LogP contribution in [0.4, 0.5) is 0 Å². The SMILES string of the molecule is C=CC.CC1=CC(c2c(O)cc(C)cc2OC(=O)CN2CCCCC2)CCC1. The van der Waals surface area contributed by atoms with Crippen molar-refractivity contribution < 1.29 is 14.6 Å². The van der Waals surface area contributed by atoms with Crippen LogP contribution in [0.3, 0.4) is 0 Å². The Morgan fingerprint density at radius 2 is 1.93 bits per heavy atom. The average Bonchev–Trinajstić information content (AvgIpc) is 2.62. The second-order valence-electron chi connectivity index (χ2n) is 7.93. The zero-order valence-corrected chi connectivity index (χ0v) is 17.7. The Morgan fingerprint density at radius 1 is 1.25 bits per heavy atom. The van der Waals surface area contributed by atoms with Crippen molar-refractivity contribution in [2.45, 2.75) is 65.2 Å². The minimum absolute atomic E-state index is 0.118. The number of rotatable bonds is 4. The van der Waals surface area contributed by atoms with E-state index in [9.17, 15) is 9.90 Å². The van der Waals surface area contributed by atoms with Crippen molar-refractivity contribution in [3.8, 4) is 11.5 Å². The maximum Gasteiger partial charge on any atom is 0.325 e. The summed E-state index contributed by atoms with van der Waals surface area (Å²) in [6.45, 7) is 11.5. The Bertz CT molecular complexity index is 702. The molecule has 1 heterocycles. The lowest BCUT2D eigenvalue weighted by molar-refractivity contribution is -0.135. The van der Waals surface area contributed by atoms with E-state index in [0.717, 1.165) is 56.3 Å². The van der Waals surface area contributed by atoms with Crippen LogP contribution < -0.4 is 4.74 Å². The summed E-state index contributed by atoms with van der Waals surface area (Å²) in [6.07, 6.45) is 10.7. The molecule has 0 radical (unpaired) electrons. The molecule has 1 unspecified atom stereocenters. The van der Waals surface area contributed by atoms with Crippen molar-refractivity contribution >= 4 is 5.97 Å². The van der Waals surface area contributed by atoms with Crippen molar-refractivity contribution in [2.75, 3.05) is 19.6 Å². The third kappa shape index (κ3) is 6.52. The molecule has 1 atom stereocenters. The fourth-order valence-electron chi connectivity index (χ4n) is 4.00. The first-order chi connectivity index (χ1) is 13.4. The number of ether oxygens (including phenoxy) is 1. The van der Waals surface area contributed by atoms with Crippen LogP contribution in [0.25, 0.3) is 0 Å². The summed E-state index contributed by atoms with van der Waals surface area (Å²) in [4.78, 5) is 14.6. The number of piperidine rings is 1. The van der Waals surface area contributed by atoms with E-state index in [4.69, 9.17) is 4.74 Å². The molecule has 2 aliphatic rings. The molecule has 4 nitrogen and oxygen atoms in total. The molecule has 4 heteroatoms.